The summed E-state index contributed by atoms with van der Waals surface area (Å²) in [4.78, 5) is 0. The van der Waals surface area contributed by atoms with Crippen LogP contribution in [0.3, 0.4) is 0 Å². The van der Waals surface area contributed by atoms with Gasteiger partial charge in [-0.25, -0.2) is 4.72 Å². The zero-order valence-corrected chi connectivity index (χ0v) is 7.12. The highest BCUT2D eigenvalue weighted by Gasteiger charge is 2.05. The van der Waals surface area contributed by atoms with Crippen LogP contribution in [0.25, 0.3) is 0 Å². The minimum Gasteiger partial charge on any atom is -0.202 e. The Balaban J connectivity index is 4.26. The standard InChI is InChI=1S/C6H11NO2S/c1-4-5-10(8,9)7-6(2)3/h6-7H,1-3H3. The highest BCUT2D eigenvalue weighted by atomic mass is 32.2. The summed E-state index contributed by atoms with van der Waals surface area (Å²) in [6, 6.07) is -0.0918. The maximum absolute atomic E-state index is 10.8. The van der Waals surface area contributed by atoms with Gasteiger partial charge in [0.05, 0.1) is 0 Å². The largest absolute Gasteiger partial charge is 0.280 e. The molecule has 0 heterocycles. The Labute approximate surface area is 61.9 Å². The van der Waals surface area contributed by atoms with Crippen LogP contribution >= 0.6 is 0 Å². The number of hydrogen-bond acceptors (Lipinski definition) is 2. The molecule has 0 atom stereocenters. The Bertz CT molecular complexity index is 243. The van der Waals surface area contributed by atoms with Gasteiger partial charge in [0.2, 0.25) is 0 Å². The zero-order chi connectivity index (χ0) is 8.20. The molecule has 0 saturated carbocycles. The van der Waals surface area contributed by atoms with Gasteiger partial charge in [-0.2, -0.15) is 8.42 Å². The summed E-state index contributed by atoms with van der Waals surface area (Å²) in [5, 5.41) is 2.06. The first-order valence-electron chi connectivity index (χ1n) is 2.93. The van der Waals surface area contributed by atoms with E-state index in [0.717, 1.165) is 0 Å². The highest BCUT2D eigenvalue weighted by molar-refractivity contribution is 7.94. The molecule has 0 rings (SSSR count). The predicted octanol–water partition coefficient (Wildman–Crippen LogP) is 0.295. The molecular weight excluding hydrogens is 150 g/mol. The van der Waals surface area contributed by atoms with E-state index in [0.29, 0.717) is 0 Å². The summed E-state index contributed by atoms with van der Waals surface area (Å²) < 4.78 is 23.8. The summed E-state index contributed by atoms with van der Waals surface area (Å²) in [6.07, 6.45) is 0. The topological polar surface area (TPSA) is 46.2 Å². The van der Waals surface area contributed by atoms with E-state index in [1.807, 2.05) is 0 Å². The van der Waals surface area contributed by atoms with Crippen molar-refractivity contribution in [2.24, 2.45) is 0 Å². The van der Waals surface area contributed by atoms with E-state index in [9.17, 15) is 8.42 Å². The van der Waals surface area contributed by atoms with Gasteiger partial charge in [-0.15, -0.1) is 0 Å². The van der Waals surface area contributed by atoms with Crippen molar-refractivity contribution >= 4 is 10.0 Å². The second kappa shape index (κ2) is 3.59. The van der Waals surface area contributed by atoms with Gasteiger partial charge in [0.25, 0.3) is 10.0 Å². The molecule has 0 aromatic heterocycles. The van der Waals surface area contributed by atoms with Crippen LogP contribution in [0.2, 0.25) is 0 Å². The molecule has 3 nitrogen and oxygen atoms in total. The van der Waals surface area contributed by atoms with Crippen LogP contribution in [0.15, 0.2) is 0 Å². The molecule has 0 aromatic rings. The third-order valence-corrected chi connectivity index (χ3v) is 1.88. The van der Waals surface area contributed by atoms with Gasteiger partial charge in [-0.3, -0.25) is 0 Å². The number of rotatable bonds is 2. The third kappa shape index (κ3) is 4.36. The Morgan fingerprint density at radius 1 is 1.40 bits per heavy atom. The molecule has 0 aromatic carbocycles. The molecule has 0 aliphatic heterocycles. The Kier molecular flexibility index (Phi) is 3.40. The summed E-state index contributed by atoms with van der Waals surface area (Å²) in [7, 11) is -3.34. The summed E-state index contributed by atoms with van der Waals surface area (Å²) >= 11 is 0. The molecule has 0 amide bonds. The molecular formula is C6H11NO2S. The molecule has 0 aliphatic rings. The molecule has 0 radical (unpaired) electrons. The number of nitrogens with one attached hydrogen (secondary N) is 1. The lowest BCUT2D eigenvalue weighted by molar-refractivity contribution is 0.581. The lowest BCUT2D eigenvalue weighted by atomic mass is 10.4. The first-order chi connectivity index (χ1) is 4.48. The lowest BCUT2D eigenvalue weighted by Crippen LogP contribution is -2.28. The van der Waals surface area contributed by atoms with Crippen molar-refractivity contribution in [1.29, 1.82) is 0 Å². The van der Waals surface area contributed by atoms with Crippen LogP contribution in [0, 0.1) is 11.2 Å². The van der Waals surface area contributed by atoms with E-state index in [1.165, 1.54) is 6.92 Å². The van der Waals surface area contributed by atoms with Crippen LogP contribution in [0.5, 0.6) is 0 Å². The van der Waals surface area contributed by atoms with E-state index in [1.54, 1.807) is 13.8 Å². The van der Waals surface area contributed by atoms with Crippen LogP contribution in [-0.2, 0) is 10.0 Å². The van der Waals surface area contributed by atoms with E-state index in [4.69, 9.17) is 0 Å². The molecule has 58 valence electrons. The van der Waals surface area contributed by atoms with E-state index < -0.39 is 10.0 Å². The number of sulfonamides is 1. The van der Waals surface area contributed by atoms with Gasteiger partial charge in [0.1, 0.15) is 0 Å². The van der Waals surface area contributed by atoms with Crippen molar-refractivity contribution in [2.45, 2.75) is 26.8 Å². The van der Waals surface area contributed by atoms with Crippen LogP contribution in [0.1, 0.15) is 20.8 Å². The van der Waals surface area contributed by atoms with Crippen molar-refractivity contribution in [2.75, 3.05) is 0 Å². The maximum atomic E-state index is 10.8. The van der Waals surface area contributed by atoms with Gasteiger partial charge in [-0.1, -0.05) is 5.92 Å². The smallest absolute Gasteiger partial charge is 0.202 e. The third-order valence-electron chi connectivity index (χ3n) is 0.627. The van der Waals surface area contributed by atoms with Crippen LogP contribution in [0.4, 0.5) is 0 Å². The van der Waals surface area contributed by atoms with Crippen molar-refractivity contribution in [3.05, 3.63) is 0 Å². The van der Waals surface area contributed by atoms with Crippen molar-refractivity contribution in [3.63, 3.8) is 0 Å². The minimum atomic E-state index is -3.34. The zero-order valence-electron chi connectivity index (χ0n) is 6.30. The van der Waals surface area contributed by atoms with Gasteiger partial charge in [0.15, 0.2) is 0 Å². The molecule has 0 saturated heterocycles. The summed E-state index contributed by atoms with van der Waals surface area (Å²) in [5.41, 5.74) is 0. The molecule has 0 spiro atoms. The molecule has 0 bridgehead atoms. The van der Waals surface area contributed by atoms with E-state index in [2.05, 4.69) is 15.9 Å². The fourth-order valence-electron chi connectivity index (χ4n) is 0.474. The van der Waals surface area contributed by atoms with Crippen molar-refractivity contribution in [3.8, 4) is 11.2 Å². The van der Waals surface area contributed by atoms with Crippen LogP contribution < -0.4 is 4.72 Å². The quantitative estimate of drug-likeness (QED) is 0.592. The molecule has 0 aliphatic carbocycles. The Morgan fingerprint density at radius 2 is 1.90 bits per heavy atom. The molecule has 1 N–H and O–H groups in total. The average Bonchev–Trinajstić information content (AvgIpc) is 1.59. The minimum absolute atomic E-state index is 0.0918. The van der Waals surface area contributed by atoms with E-state index in [-0.39, 0.29) is 6.04 Å². The average molecular weight is 161 g/mol. The summed E-state index contributed by atoms with van der Waals surface area (Å²) in [5.74, 6) is 2.31. The van der Waals surface area contributed by atoms with Gasteiger partial charge < -0.3 is 0 Å². The lowest BCUT2D eigenvalue weighted by Gasteiger charge is -2.02. The monoisotopic (exact) mass is 161 g/mol. The second-order valence-electron chi connectivity index (χ2n) is 2.13. The second-order valence-corrected chi connectivity index (χ2v) is 3.57. The first-order valence-corrected chi connectivity index (χ1v) is 4.42. The number of hydrogen-bond donors (Lipinski definition) is 1. The van der Waals surface area contributed by atoms with Gasteiger partial charge >= 0.3 is 0 Å². The normalized spacial score (nSPS) is 10.8. The molecule has 4 heteroatoms. The SMILES string of the molecule is CC#CS(=O)(=O)NC(C)C. The predicted molar refractivity (Wildman–Crippen MR) is 40.6 cm³/mol. The highest BCUT2D eigenvalue weighted by Crippen LogP contribution is 1.84. The summed E-state index contributed by atoms with van der Waals surface area (Å²) in [6.45, 7) is 4.98. The molecule has 0 fully saturated rings. The van der Waals surface area contributed by atoms with Crippen molar-refractivity contribution in [1.82, 2.24) is 4.72 Å². The molecule has 10 heavy (non-hydrogen) atoms. The fraction of sp³-hybridized carbons (Fsp3) is 0.667. The molecule has 0 unspecified atom stereocenters. The Morgan fingerprint density at radius 3 is 2.20 bits per heavy atom. The maximum Gasteiger partial charge on any atom is 0.280 e. The van der Waals surface area contributed by atoms with Crippen LogP contribution in [-0.4, -0.2) is 14.5 Å². The van der Waals surface area contributed by atoms with Gasteiger partial charge in [-0.05, 0) is 20.8 Å². The van der Waals surface area contributed by atoms with Gasteiger partial charge in [0, 0.05) is 11.3 Å². The van der Waals surface area contributed by atoms with Crippen molar-refractivity contribution < 1.29 is 8.42 Å². The first kappa shape index (κ1) is 9.47. The Hall–Kier alpha value is -0.530. The fourth-order valence-corrected chi connectivity index (χ4v) is 1.42. The van der Waals surface area contributed by atoms with E-state index >= 15 is 0 Å².